The summed E-state index contributed by atoms with van der Waals surface area (Å²) in [5, 5.41) is 12.5. The van der Waals surface area contributed by atoms with Gasteiger partial charge in [-0.2, -0.15) is 0 Å². The topological polar surface area (TPSA) is 61.3 Å². The summed E-state index contributed by atoms with van der Waals surface area (Å²) in [6.45, 7) is 7.50. The van der Waals surface area contributed by atoms with Crippen molar-refractivity contribution in [2.45, 2.75) is 26.7 Å². The first-order valence-corrected chi connectivity index (χ1v) is 7.10. The normalized spacial score (nSPS) is 16.9. The van der Waals surface area contributed by atoms with Gasteiger partial charge in [-0.25, -0.2) is 9.97 Å². The largest absolute Gasteiger partial charge is 0.396 e. The number of anilines is 2. The van der Waals surface area contributed by atoms with Crippen LogP contribution in [-0.4, -0.2) is 41.3 Å². The second-order valence-electron chi connectivity index (χ2n) is 5.65. The average Bonchev–Trinajstić information content (AvgIpc) is 2.45. The predicted molar refractivity (Wildman–Crippen MR) is 77.4 cm³/mol. The number of nitrogens with one attached hydrogen (secondary N) is 1. The molecule has 1 fully saturated rings. The Morgan fingerprint density at radius 2 is 2.11 bits per heavy atom. The monoisotopic (exact) mass is 264 g/mol. The molecule has 2 heterocycles. The lowest BCUT2D eigenvalue weighted by Crippen LogP contribution is -2.35. The Hall–Kier alpha value is -1.36. The molecule has 1 aliphatic heterocycles. The van der Waals surface area contributed by atoms with Gasteiger partial charge >= 0.3 is 0 Å². The highest BCUT2D eigenvalue weighted by Crippen LogP contribution is 2.22. The number of aliphatic hydroxyl groups is 1. The van der Waals surface area contributed by atoms with Gasteiger partial charge in [0.05, 0.1) is 0 Å². The van der Waals surface area contributed by atoms with E-state index in [4.69, 9.17) is 5.11 Å². The summed E-state index contributed by atoms with van der Waals surface area (Å²) >= 11 is 0. The molecule has 0 spiro atoms. The molecule has 1 aromatic rings. The van der Waals surface area contributed by atoms with Gasteiger partial charge in [0, 0.05) is 32.3 Å². The van der Waals surface area contributed by atoms with Crippen LogP contribution in [0.2, 0.25) is 0 Å². The average molecular weight is 264 g/mol. The van der Waals surface area contributed by atoms with Gasteiger partial charge in [0.2, 0.25) is 0 Å². The first-order chi connectivity index (χ1) is 9.19. The van der Waals surface area contributed by atoms with E-state index in [2.05, 4.69) is 34.0 Å². The van der Waals surface area contributed by atoms with Crippen LogP contribution in [0.3, 0.4) is 0 Å². The molecular formula is C14H24N4O. The predicted octanol–water partition coefficient (Wildman–Crippen LogP) is 1.75. The van der Waals surface area contributed by atoms with E-state index in [9.17, 15) is 0 Å². The molecule has 2 N–H and O–H groups in total. The third-order valence-electron chi connectivity index (χ3n) is 3.54. The maximum absolute atomic E-state index is 9.16. The lowest BCUT2D eigenvalue weighted by molar-refractivity contribution is 0.203. The minimum absolute atomic E-state index is 0.304. The minimum Gasteiger partial charge on any atom is -0.396 e. The van der Waals surface area contributed by atoms with E-state index in [0.29, 0.717) is 18.4 Å². The third-order valence-corrected chi connectivity index (χ3v) is 3.54. The molecule has 0 bridgehead atoms. The molecule has 1 aromatic heterocycles. The molecule has 5 heteroatoms. The zero-order chi connectivity index (χ0) is 13.7. The van der Waals surface area contributed by atoms with Gasteiger partial charge in [0.25, 0.3) is 0 Å². The highest BCUT2D eigenvalue weighted by Gasteiger charge is 2.19. The number of aliphatic hydroxyl groups excluding tert-OH is 1. The first kappa shape index (κ1) is 14.1. The fraction of sp³-hybridized carbons (Fsp3) is 0.714. The summed E-state index contributed by atoms with van der Waals surface area (Å²) in [5.41, 5.74) is 0. The van der Waals surface area contributed by atoms with E-state index in [1.165, 1.54) is 0 Å². The SMILES string of the molecule is CC(C)CNc1cc(N2CCC(CO)CC2)ncn1. The Kier molecular flexibility index (Phi) is 4.96. The summed E-state index contributed by atoms with van der Waals surface area (Å²) in [5.74, 6) is 2.93. The van der Waals surface area contributed by atoms with Gasteiger partial charge < -0.3 is 15.3 Å². The molecule has 0 aliphatic carbocycles. The van der Waals surface area contributed by atoms with Gasteiger partial charge in [-0.1, -0.05) is 13.8 Å². The highest BCUT2D eigenvalue weighted by atomic mass is 16.3. The molecule has 5 nitrogen and oxygen atoms in total. The Labute approximate surface area is 115 Å². The van der Waals surface area contributed by atoms with Crippen molar-refractivity contribution in [1.82, 2.24) is 9.97 Å². The van der Waals surface area contributed by atoms with E-state index < -0.39 is 0 Å². The van der Waals surface area contributed by atoms with Crippen LogP contribution in [-0.2, 0) is 0 Å². The Morgan fingerprint density at radius 1 is 1.37 bits per heavy atom. The number of nitrogens with zero attached hydrogens (tertiary/aromatic N) is 3. The van der Waals surface area contributed by atoms with Crippen LogP contribution in [0.5, 0.6) is 0 Å². The van der Waals surface area contributed by atoms with E-state index in [0.717, 1.165) is 44.1 Å². The summed E-state index contributed by atoms with van der Waals surface area (Å²) in [6.07, 6.45) is 3.70. The highest BCUT2D eigenvalue weighted by molar-refractivity contribution is 5.48. The smallest absolute Gasteiger partial charge is 0.134 e. The number of piperidine rings is 1. The van der Waals surface area contributed by atoms with Gasteiger partial charge in [-0.15, -0.1) is 0 Å². The number of rotatable bonds is 5. The van der Waals surface area contributed by atoms with Crippen molar-refractivity contribution in [3.8, 4) is 0 Å². The van der Waals surface area contributed by atoms with Crippen LogP contribution >= 0.6 is 0 Å². The van der Waals surface area contributed by atoms with Crippen molar-refractivity contribution >= 4 is 11.6 Å². The van der Waals surface area contributed by atoms with E-state index in [1.807, 2.05) is 6.07 Å². The van der Waals surface area contributed by atoms with Crippen molar-refractivity contribution in [3.63, 3.8) is 0 Å². The molecule has 0 amide bonds. The summed E-state index contributed by atoms with van der Waals surface area (Å²) in [4.78, 5) is 10.9. The number of aromatic nitrogens is 2. The lowest BCUT2D eigenvalue weighted by Gasteiger charge is -2.32. The standard InChI is InChI=1S/C14H24N4O/c1-11(2)8-15-13-7-14(17-10-16-13)18-5-3-12(9-19)4-6-18/h7,10-12,19H,3-6,8-9H2,1-2H3,(H,15,16,17). The number of hydrogen-bond acceptors (Lipinski definition) is 5. The van der Waals surface area contributed by atoms with Crippen LogP contribution in [0.4, 0.5) is 11.6 Å². The van der Waals surface area contributed by atoms with E-state index in [-0.39, 0.29) is 0 Å². The Morgan fingerprint density at radius 3 is 2.74 bits per heavy atom. The molecule has 1 saturated heterocycles. The second-order valence-corrected chi connectivity index (χ2v) is 5.65. The number of hydrogen-bond donors (Lipinski definition) is 2. The molecule has 19 heavy (non-hydrogen) atoms. The molecule has 0 radical (unpaired) electrons. The molecule has 1 aliphatic rings. The first-order valence-electron chi connectivity index (χ1n) is 7.10. The molecule has 106 valence electrons. The summed E-state index contributed by atoms with van der Waals surface area (Å²) < 4.78 is 0. The maximum atomic E-state index is 9.16. The van der Waals surface area contributed by atoms with Crippen LogP contribution in [0.1, 0.15) is 26.7 Å². The molecule has 0 saturated carbocycles. The zero-order valence-electron chi connectivity index (χ0n) is 11.8. The van der Waals surface area contributed by atoms with Gasteiger partial charge in [0.15, 0.2) is 0 Å². The second kappa shape index (κ2) is 6.70. The fourth-order valence-electron chi connectivity index (χ4n) is 2.27. The van der Waals surface area contributed by atoms with Crippen LogP contribution in [0, 0.1) is 11.8 Å². The van der Waals surface area contributed by atoms with Crippen LogP contribution in [0.15, 0.2) is 12.4 Å². The Bertz CT molecular complexity index is 389. The van der Waals surface area contributed by atoms with E-state index in [1.54, 1.807) is 6.33 Å². The van der Waals surface area contributed by atoms with Crippen molar-refractivity contribution in [2.75, 3.05) is 36.5 Å². The molecule has 0 aromatic carbocycles. The Balaban J connectivity index is 1.95. The van der Waals surface area contributed by atoms with Crippen molar-refractivity contribution in [2.24, 2.45) is 11.8 Å². The summed E-state index contributed by atoms with van der Waals surface area (Å²) in [7, 11) is 0. The molecule has 0 unspecified atom stereocenters. The maximum Gasteiger partial charge on any atom is 0.134 e. The third kappa shape index (κ3) is 4.06. The van der Waals surface area contributed by atoms with Crippen LogP contribution < -0.4 is 10.2 Å². The zero-order valence-corrected chi connectivity index (χ0v) is 11.8. The van der Waals surface area contributed by atoms with Crippen molar-refractivity contribution in [3.05, 3.63) is 12.4 Å². The van der Waals surface area contributed by atoms with Gasteiger partial charge in [-0.3, -0.25) is 0 Å². The molecular weight excluding hydrogens is 240 g/mol. The molecule has 2 rings (SSSR count). The van der Waals surface area contributed by atoms with Crippen LogP contribution in [0.25, 0.3) is 0 Å². The minimum atomic E-state index is 0.304. The molecule has 0 atom stereocenters. The van der Waals surface area contributed by atoms with Gasteiger partial charge in [-0.05, 0) is 24.7 Å². The van der Waals surface area contributed by atoms with E-state index >= 15 is 0 Å². The lowest BCUT2D eigenvalue weighted by atomic mass is 9.98. The summed E-state index contributed by atoms with van der Waals surface area (Å²) in [6, 6.07) is 2.02. The van der Waals surface area contributed by atoms with Gasteiger partial charge in [0.1, 0.15) is 18.0 Å². The van der Waals surface area contributed by atoms with Crippen molar-refractivity contribution < 1.29 is 5.11 Å². The quantitative estimate of drug-likeness (QED) is 0.848. The van der Waals surface area contributed by atoms with Crippen molar-refractivity contribution in [1.29, 1.82) is 0 Å². The fourth-order valence-corrected chi connectivity index (χ4v) is 2.27.